The Bertz CT molecular complexity index is 924. The van der Waals surface area contributed by atoms with Crippen LogP contribution in [0.15, 0.2) is 24.3 Å². The van der Waals surface area contributed by atoms with Crippen LogP contribution in [0, 0.1) is 0 Å². The molecule has 0 aliphatic carbocycles. The first-order valence-electron chi connectivity index (χ1n) is 10.9. The van der Waals surface area contributed by atoms with Crippen LogP contribution in [0.1, 0.15) is 5.56 Å². The fraction of sp³-hybridized carbons (Fsp3) is 0.591. The lowest BCUT2D eigenvalue weighted by atomic mass is 9.98. The van der Waals surface area contributed by atoms with Crippen molar-refractivity contribution in [2.75, 3.05) is 26.9 Å². The van der Waals surface area contributed by atoms with Gasteiger partial charge in [-0.15, -0.1) is 0 Å². The van der Waals surface area contributed by atoms with Gasteiger partial charge in [-0.3, -0.25) is 0 Å². The average Bonchev–Trinajstić information content (AvgIpc) is 3.12. The van der Waals surface area contributed by atoms with E-state index in [1.165, 1.54) is 31.4 Å². The number of methoxy groups -OCH3 is 1. The first-order chi connectivity index (χ1) is 17.1. The number of aliphatic hydroxyl groups excluding tert-OH is 7. The maximum absolute atomic E-state index is 12.4. The van der Waals surface area contributed by atoms with E-state index in [0.29, 0.717) is 5.56 Å². The number of carbonyl (C=O) groups is 1. The van der Waals surface area contributed by atoms with Gasteiger partial charge in [0.1, 0.15) is 43.2 Å². The van der Waals surface area contributed by atoms with Crippen molar-refractivity contribution in [2.45, 2.75) is 54.8 Å². The molecule has 0 radical (unpaired) electrons. The zero-order chi connectivity index (χ0) is 26.6. The number of aliphatic hydroxyl groups is 7. The molecule has 36 heavy (non-hydrogen) atoms. The van der Waals surface area contributed by atoms with E-state index in [0.717, 1.165) is 6.08 Å². The third-order valence-electron chi connectivity index (χ3n) is 5.91. The summed E-state index contributed by atoms with van der Waals surface area (Å²) in [6.07, 6.45) is -11.1. The van der Waals surface area contributed by atoms with Crippen LogP contribution in [-0.2, 0) is 23.7 Å². The summed E-state index contributed by atoms with van der Waals surface area (Å²) in [5.41, 5.74) is 0.457. The molecule has 0 bridgehead atoms. The molecule has 9 unspecified atom stereocenters. The maximum Gasteiger partial charge on any atom is 0.331 e. The Balaban J connectivity index is 1.76. The molecular weight excluding hydrogens is 488 g/mol. The standard InChI is InChI=1S/C22H30O14/c1-32-12-6-10(2-4-11(12)26)3-5-15(27)34-19-16(28)13(7-23)33-21(18(19)30)36-22(9-25)20(31)17(29)14(8-24)35-22/h2-6,13-14,16-21,23-26,28-31H,7-9H2,1H3. The van der Waals surface area contributed by atoms with E-state index in [1.54, 1.807) is 0 Å². The Morgan fingerprint density at radius 1 is 1.06 bits per heavy atom. The molecule has 0 amide bonds. The second-order valence-corrected chi connectivity index (χ2v) is 8.23. The molecule has 2 fully saturated rings. The number of hydrogen-bond acceptors (Lipinski definition) is 14. The molecule has 8 N–H and O–H groups in total. The van der Waals surface area contributed by atoms with Gasteiger partial charge >= 0.3 is 5.97 Å². The Morgan fingerprint density at radius 3 is 2.33 bits per heavy atom. The third kappa shape index (κ3) is 5.63. The highest BCUT2D eigenvalue weighted by atomic mass is 16.8. The Kier molecular flexibility index (Phi) is 9.23. The van der Waals surface area contributed by atoms with E-state index in [-0.39, 0.29) is 11.5 Å². The first-order valence-corrected chi connectivity index (χ1v) is 10.9. The molecule has 2 aliphatic rings. The highest BCUT2D eigenvalue weighted by molar-refractivity contribution is 5.87. The van der Waals surface area contributed by atoms with Crippen molar-refractivity contribution in [2.24, 2.45) is 0 Å². The van der Waals surface area contributed by atoms with E-state index >= 15 is 0 Å². The lowest BCUT2D eigenvalue weighted by Gasteiger charge is -2.44. The quantitative estimate of drug-likeness (QED) is 0.118. The summed E-state index contributed by atoms with van der Waals surface area (Å²) in [4.78, 5) is 12.4. The minimum Gasteiger partial charge on any atom is -0.504 e. The summed E-state index contributed by atoms with van der Waals surface area (Å²) in [5.74, 6) is -3.30. The van der Waals surface area contributed by atoms with E-state index in [1.807, 2.05) is 0 Å². The van der Waals surface area contributed by atoms with E-state index in [2.05, 4.69) is 0 Å². The van der Waals surface area contributed by atoms with Gasteiger partial charge in [-0.05, 0) is 23.8 Å². The number of hydrogen-bond donors (Lipinski definition) is 8. The van der Waals surface area contributed by atoms with Crippen LogP contribution in [0.25, 0.3) is 6.08 Å². The normalized spacial score (nSPS) is 36.8. The average molecular weight is 518 g/mol. The molecule has 0 aromatic heterocycles. The van der Waals surface area contributed by atoms with Gasteiger partial charge in [0.15, 0.2) is 23.9 Å². The van der Waals surface area contributed by atoms with Crippen molar-refractivity contribution in [1.82, 2.24) is 0 Å². The van der Waals surface area contributed by atoms with Gasteiger partial charge in [0.05, 0.1) is 20.3 Å². The van der Waals surface area contributed by atoms with Crippen molar-refractivity contribution >= 4 is 12.0 Å². The highest BCUT2D eigenvalue weighted by Crippen LogP contribution is 2.36. The number of phenols is 1. The van der Waals surface area contributed by atoms with Gasteiger partial charge < -0.3 is 64.5 Å². The van der Waals surface area contributed by atoms with Crippen molar-refractivity contribution < 1.29 is 69.3 Å². The smallest absolute Gasteiger partial charge is 0.331 e. The molecule has 14 heteroatoms. The predicted molar refractivity (Wildman–Crippen MR) is 116 cm³/mol. The van der Waals surface area contributed by atoms with Crippen molar-refractivity contribution in [3.8, 4) is 11.5 Å². The Hall–Kier alpha value is -2.37. The molecule has 0 spiro atoms. The zero-order valence-corrected chi connectivity index (χ0v) is 19.2. The third-order valence-corrected chi connectivity index (χ3v) is 5.91. The van der Waals surface area contributed by atoms with Crippen LogP contribution in [0.3, 0.4) is 0 Å². The van der Waals surface area contributed by atoms with Gasteiger partial charge in [0.25, 0.3) is 0 Å². The van der Waals surface area contributed by atoms with Gasteiger partial charge in [-0.1, -0.05) is 6.07 Å². The summed E-state index contributed by atoms with van der Waals surface area (Å²) in [6, 6.07) is 4.28. The largest absolute Gasteiger partial charge is 0.504 e. The molecular formula is C22H30O14. The van der Waals surface area contributed by atoms with Gasteiger partial charge in [0, 0.05) is 6.08 Å². The maximum atomic E-state index is 12.4. The number of aromatic hydroxyl groups is 1. The SMILES string of the molecule is COc1cc(C=CC(=O)OC2C(O)C(CO)OC(OC3(CO)OC(CO)C(O)C3O)C2O)ccc1O. The second kappa shape index (κ2) is 11.8. The molecule has 2 heterocycles. The summed E-state index contributed by atoms with van der Waals surface area (Å²) < 4.78 is 26.2. The Morgan fingerprint density at radius 2 is 1.75 bits per heavy atom. The summed E-state index contributed by atoms with van der Waals surface area (Å²) in [6.45, 7) is -2.55. The lowest BCUT2D eigenvalue weighted by Crippen LogP contribution is -2.63. The molecule has 1 aromatic rings. The summed E-state index contributed by atoms with van der Waals surface area (Å²) >= 11 is 0. The molecule has 1 aromatic carbocycles. The number of esters is 1. The monoisotopic (exact) mass is 518 g/mol. The molecule has 3 rings (SSSR count). The fourth-order valence-electron chi connectivity index (χ4n) is 3.89. The van der Waals surface area contributed by atoms with Crippen LogP contribution >= 0.6 is 0 Å². The number of ether oxygens (including phenoxy) is 5. The van der Waals surface area contributed by atoms with E-state index in [9.17, 15) is 45.6 Å². The molecule has 2 aliphatic heterocycles. The summed E-state index contributed by atoms with van der Waals surface area (Å²) in [7, 11) is 1.35. The number of rotatable bonds is 9. The molecule has 9 atom stereocenters. The number of carbonyl (C=O) groups excluding carboxylic acids is 1. The molecule has 2 saturated heterocycles. The van der Waals surface area contributed by atoms with Gasteiger partial charge in [-0.25, -0.2) is 4.79 Å². The van der Waals surface area contributed by atoms with Crippen LogP contribution in [0.2, 0.25) is 0 Å². The van der Waals surface area contributed by atoms with Gasteiger partial charge in [-0.2, -0.15) is 0 Å². The topological polar surface area (TPSA) is 225 Å². The second-order valence-electron chi connectivity index (χ2n) is 8.23. The van der Waals surface area contributed by atoms with Crippen LogP contribution < -0.4 is 4.74 Å². The van der Waals surface area contributed by atoms with Crippen LogP contribution in [0.5, 0.6) is 11.5 Å². The number of phenolic OH excluding ortho intramolecular Hbond substituents is 1. The molecule has 0 saturated carbocycles. The minimum atomic E-state index is -2.34. The molecule has 14 nitrogen and oxygen atoms in total. The van der Waals surface area contributed by atoms with Crippen molar-refractivity contribution in [3.63, 3.8) is 0 Å². The summed E-state index contributed by atoms with van der Waals surface area (Å²) in [5, 5.41) is 79.9. The minimum absolute atomic E-state index is 0.110. The zero-order valence-electron chi connectivity index (χ0n) is 19.2. The van der Waals surface area contributed by atoms with Crippen LogP contribution in [0.4, 0.5) is 0 Å². The first kappa shape index (κ1) is 28.2. The van der Waals surface area contributed by atoms with Crippen molar-refractivity contribution in [1.29, 1.82) is 0 Å². The van der Waals surface area contributed by atoms with E-state index < -0.39 is 80.6 Å². The van der Waals surface area contributed by atoms with Crippen molar-refractivity contribution in [3.05, 3.63) is 29.8 Å². The van der Waals surface area contributed by atoms with Gasteiger partial charge in [0.2, 0.25) is 5.79 Å². The number of benzene rings is 1. The predicted octanol–water partition coefficient (Wildman–Crippen LogP) is -3.42. The van der Waals surface area contributed by atoms with Crippen LogP contribution in [-0.4, -0.2) is 129 Å². The van der Waals surface area contributed by atoms with E-state index in [4.69, 9.17) is 23.7 Å². The Labute approximate surface area is 205 Å². The highest BCUT2D eigenvalue weighted by Gasteiger charge is 2.58. The fourth-order valence-corrected chi connectivity index (χ4v) is 3.89. The lowest BCUT2D eigenvalue weighted by molar-refractivity contribution is -0.383. The molecule has 202 valence electrons.